The number of hydrogen-bond donors (Lipinski definition) is 2. The number of nitrogens with two attached hydrogens (primary N) is 1. The van der Waals surface area contributed by atoms with Gasteiger partial charge in [0.1, 0.15) is 0 Å². The Bertz CT molecular complexity index is 735. The van der Waals surface area contributed by atoms with E-state index in [0.717, 1.165) is 12.3 Å². The van der Waals surface area contributed by atoms with Crippen LogP contribution in [0.25, 0.3) is 0 Å². The zero-order chi connectivity index (χ0) is 15.4. The van der Waals surface area contributed by atoms with Gasteiger partial charge in [0.15, 0.2) is 5.69 Å². The fraction of sp³-hybridized carbons (Fsp3) is 0.200. The van der Waals surface area contributed by atoms with Gasteiger partial charge in [-0.3, -0.25) is 25.1 Å². The number of hydrogen-bond acceptors (Lipinski definition) is 7. The molecule has 0 saturated heterocycles. The molecule has 0 radical (unpaired) electrons. The fourth-order valence-electron chi connectivity index (χ4n) is 1.59. The molecule has 0 bridgehead atoms. The van der Waals surface area contributed by atoms with Crippen LogP contribution in [0.15, 0.2) is 29.5 Å². The van der Waals surface area contributed by atoms with Crippen molar-refractivity contribution < 1.29 is 9.72 Å². The molecule has 2 heterocycles. The van der Waals surface area contributed by atoms with E-state index >= 15 is 0 Å². The standard InChI is InChI=1S/C10H11N7O4/c11-12-10(19)7-5-16(14-13-7)4-3-15-2-1-9(18)8(6-15)17(20)21/h1-2,5-6H,3-4,11H2,(H,12,19). The highest BCUT2D eigenvalue weighted by Gasteiger charge is 2.12. The van der Waals surface area contributed by atoms with E-state index in [1.165, 1.54) is 21.6 Å². The summed E-state index contributed by atoms with van der Waals surface area (Å²) in [5.41, 5.74) is 0.829. The number of aryl methyl sites for hydroxylation is 2. The molecule has 2 aromatic rings. The largest absolute Gasteiger partial charge is 0.346 e. The van der Waals surface area contributed by atoms with Crippen LogP contribution in [0.2, 0.25) is 0 Å². The summed E-state index contributed by atoms with van der Waals surface area (Å²) >= 11 is 0. The molecule has 0 aliphatic heterocycles. The molecule has 2 aromatic heterocycles. The van der Waals surface area contributed by atoms with E-state index in [1.807, 2.05) is 5.43 Å². The van der Waals surface area contributed by atoms with Crippen LogP contribution in [0.5, 0.6) is 0 Å². The van der Waals surface area contributed by atoms with E-state index in [-0.39, 0.29) is 5.69 Å². The van der Waals surface area contributed by atoms with Crippen molar-refractivity contribution in [3.05, 3.63) is 50.7 Å². The summed E-state index contributed by atoms with van der Waals surface area (Å²) in [5.74, 6) is 4.39. The number of nitrogens with one attached hydrogen (secondary N) is 1. The summed E-state index contributed by atoms with van der Waals surface area (Å²) in [6.07, 6.45) is 3.96. The summed E-state index contributed by atoms with van der Waals surface area (Å²) in [5, 5.41) is 18.0. The molecule has 1 amide bonds. The molecule has 11 nitrogen and oxygen atoms in total. The lowest BCUT2D eigenvalue weighted by molar-refractivity contribution is -0.386. The molecule has 2 rings (SSSR count). The minimum Gasteiger partial charge on any atom is -0.346 e. The number of nitro groups is 1. The molecule has 0 aliphatic rings. The third-order valence-electron chi connectivity index (χ3n) is 2.64. The van der Waals surface area contributed by atoms with Crippen LogP contribution in [0, 0.1) is 10.1 Å². The Morgan fingerprint density at radius 2 is 2.19 bits per heavy atom. The number of amides is 1. The molecule has 0 saturated carbocycles. The smallest absolute Gasteiger partial charge is 0.332 e. The highest BCUT2D eigenvalue weighted by atomic mass is 16.6. The van der Waals surface area contributed by atoms with Gasteiger partial charge in [0.05, 0.1) is 23.9 Å². The van der Waals surface area contributed by atoms with Crippen molar-refractivity contribution >= 4 is 11.6 Å². The van der Waals surface area contributed by atoms with E-state index in [4.69, 9.17) is 5.84 Å². The topological polar surface area (TPSA) is 151 Å². The van der Waals surface area contributed by atoms with Gasteiger partial charge < -0.3 is 4.57 Å². The first-order valence-corrected chi connectivity index (χ1v) is 5.77. The molecule has 3 N–H and O–H groups in total. The number of hydrazine groups is 1. The van der Waals surface area contributed by atoms with Crippen molar-refractivity contribution in [1.29, 1.82) is 0 Å². The first-order valence-electron chi connectivity index (χ1n) is 5.77. The average Bonchev–Trinajstić information content (AvgIpc) is 2.94. The Morgan fingerprint density at radius 1 is 1.43 bits per heavy atom. The number of nitrogens with zero attached hydrogens (tertiary/aromatic N) is 5. The van der Waals surface area contributed by atoms with Crippen LogP contribution < -0.4 is 16.7 Å². The molecule has 11 heteroatoms. The van der Waals surface area contributed by atoms with Crippen molar-refractivity contribution in [3.8, 4) is 0 Å². The highest BCUT2D eigenvalue weighted by molar-refractivity contribution is 5.91. The van der Waals surface area contributed by atoms with Gasteiger partial charge in [-0.2, -0.15) is 0 Å². The molecule has 0 aliphatic carbocycles. The van der Waals surface area contributed by atoms with E-state index in [0.29, 0.717) is 13.1 Å². The van der Waals surface area contributed by atoms with Crippen molar-refractivity contribution in [2.24, 2.45) is 5.84 Å². The van der Waals surface area contributed by atoms with Gasteiger partial charge >= 0.3 is 5.69 Å². The molecular weight excluding hydrogens is 282 g/mol. The van der Waals surface area contributed by atoms with Crippen LogP contribution in [0.4, 0.5) is 5.69 Å². The molecular formula is C10H11N7O4. The maximum Gasteiger partial charge on any atom is 0.332 e. The molecule has 0 aromatic carbocycles. The molecule has 0 unspecified atom stereocenters. The Labute approximate surface area is 117 Å². The Kier molecular flexibility index (Phi) is 4.04. The highest BCUT2D eigenvalue weighted by Crippen LogP contribution is 2.03. The molecule has 0 fully saturated rings. The summed E-state index contributed by atoms with van der Waals surface area (Å²) in [7, 11) is 0. The number of pyridine rings is 1. The number of carbonyl (C=O) groups is 1. The van der Waals surface area contributed by atoms with E-state index in [2.05, 4.69) is 10.3 Å². The van der Waals surface area contributed by atoms with E-state index in [9.17, 15) is 19.7 Å². The van der Waals surface area contributed by atoms with Crippen LogP contribution >= 0.6 is 0 Å². The summed E-state index contributed by atoms with van der Waals surface area (Å²) in [6, 6.07) is 1.12. The minimum absolute atomic E-state index is 0.0587. The zero-order valence-electron chi connectivity index (χ0n) is 10.7. The van der Waals surface area contributed by atoms with E-state index in [1.54, 1.807) is 0 Å². The van der Waals surface area contributed by atoms with Crippen LogP contribution in [-0.4, -0.2) is 30.4 Å². The van der Waals surface area contributed by atoms with Gasteiger partial charge in [0, 0.05) is 18.8 Å². The van der Waals surface area contributed by atoms with Crippen molar-refractivity contribution in [3.63, 3.8) is 0 Å². The normalized spacial score (nSPS) is 10.3. The van der Waals surface area contributed by atoms with Gasteiger partial charge in [-0.15, -0.1) is 5.10 Å². The second-order valence-corrected chi connectivity index (χ2v) is 4.03. The quantitative estimate of drug-likeness (QED) is 0.299. The Morgan fingerprint density at radius 3 is 2.86 bits per heavy atom. The Balaban J connectivity index is 2.08. The monoisotopic (exact) mass is 293 g/mol. The third-order valence-corrected chi connectivity index (χ3v) is 2.64. The second-order valence-electron chi connectivity index (χ2n) is 4.03. The summed E-state index contributed by atoms with van der Waals surface area (Å²) < 4.78 is 2.86. The molecule has 110 valence electrons. The minimum atomic E-state index is -0.738. The average molecular weight is 293 g/mol. The maximum absolute atomic E-state index is 11.3. The fourth-order valence-corrected chi connectivity index (χ4v) is 1.59. The van der Waals surface area contributed by atoms with Gasteiger partial charge in [-0.05, 0) is 0 Å². The van der Waals surface area contributed by atoms with Crippen LogP contribution in [-0.2, 0) is 13.1 Å². The van der Waals surface area contributed by atoms with E-state index < -0.39 is 21.9 Å². The molecule has 21 heavy (non-hydrogen) atoms. The lowest BCUT2D eigenvalue weighted by Crippen LogP contribution is -2.30. The van der Waals surface area contributed by atoms with Crippen molar-refractivity contribution in [2.75, 3.05) is 0 Å². The molecule has 0 atom stereocenters. The lowest BCUT2D eigenvalue weighted by atomic mass is 10.4. The number of aromatic nitrogens is 4. The first kappa shape index (κ1) is 14.3. The number of nitrogen functional groups attached to an aromatic ring is 1. The Hall–Kier alpha value is -3.08. The van der Waals surface area contributed by atoms with Gasteiger partial charge in [-0.25, -0.2) is 10.5 Å². The van der Waals surface area contributed by atoms with Gasteiger partial charge in [0.2, 0.25) is 0 Å². The van der Waals surface area contributed by atoms with Crippen molar-refractivity contribution in [1.82, 2.24) is 25.0 Å². The zero-order valence-corrected chi connectivity index (χ0v) is 10.7. The predicted molar refractivity (Wildman–Crippen MR) is 69.0 cm³/mol. The third kappa shape index (κ3) is 3.27. The van der Waals surface area contributed by atoms with Crippen molar-refractivity contribution in [2.45, 2.75) is 13.1 Å². The summed E-state index contributed by atoms with van der Waals surface area (Å²) in [6.45, 7) is 0.624. The summed E-state index contributed by atoms with van der Waals surface area (Å²) in [4.78, 5) is 32.4. The lowest BCUT2D eigenvalue weighted by Gasteiger charge is -2.05. The number of carbonyl (C=O) groups excluding carboxylic acids is 1. The first-order chi connectivity index (χ1) is 10.0. The van der Waals surface area contributed by atoms with Crippen LogP contribution in [0.1, 0.15) is 10.5 Å². The maximum atomic E-state index is 11.3. The van der Waals surface area contributed by atoms with Gasteiger partial charge in [0.25, 0.3) is 11.3 Å². The number of rotatable bonds is 5. The SMILES string of the molecule is NNC(=O)c1cn(CCn2ccc(=O)c([N+](=O)[O-])c2)nn1. The molecule has 0 spiro atoms. The second kappa shape index (κ2) is 5.92. The van der Waals surface area contributed by atoms with Gasteiger partial charge in [-0.1, -0.05) is 5.21 Å². The predicted octanol–water partition coefficient (Wildman–Crippen LogP) is -1.35. The van der Waals surface area contributed by atoms with Crippen LogP contribution in [0.3, 0.4) is 0 Å².